The molecular weight excluding hydrogens is 509 g/mol. The second-order valence-corrected chi connectivity index (χ2v) is 7.73. The van der Waals surface area contributed by atoms with Crippen molar-refractivity contribution in [2.45, 2.75) is 20.3 Å². The summed E-state index contributed by atoms with van der Waals surface area (Å²) in [6.07, 6.45) is 1.74. The smallest absolute Gasteiger partial charge is 0.363 e. The Morgan fingerprint density at radius 2 is 2.07 bits per heavy atom. The molecule has 0 fully saturated rings. The largest absolute Gasteiger partial charge is 0.493 e. The van der Waals surface area contributed by atoms with Crippen molar-refractivity contribution in [3.05, 3.63) is 61.3 Å². The molecule has 2 aromatic rings. The van der Waals surface area contributed by atoms with E-state index in [4.69, 9.17) is 25.8 Å². The summed E-state index contributed by atoms with van der Waals surface area (Å²) in [5.41, 5.74) is 2.47. The van der Waals surface area contributed by atoms with Crippen molar-refractivity contribution < 1.29 is 23.8 Å². The number of halogens is 2. The average molecular weight is 526 g/mol. The van der Waals surface area contributed by atoms with Crippen molar-refractivity contribution in [3.8, 4) is 11.5 Å². The van der Waals surface area contributed by atoms with Gasteiger partial charge in [0.25, 0.3) is 0 Å². The van der Waals surface area contributed by atoms with Gasteiger partial charge in [0.15, 0.2) is 17.2 Å². The molecule has 0 aliphatic carbocycles. The molecule has 29 heavy (non-hydrogen) atoms. The highest BCUT2D eigenvalue weighted by Crippen LogP contribution is 2.37. The van der Waals surface area contributed by atoms with Gasteiger partial charge in [-0.2, -0.15) is 0 Å². The summed E-state index contributed by atoms with van der Waals surface area (Å²) in [5, 5.41) is 0.182. The van der Waals surface area contributed by atoms with Crippen molar-refractivity contribution in [1.82, 2.24) is 0 Å². The van der Waals surface area contributed by atoms with Crippen LogP contribution in [0.5, 0.6) is 11.5 Å². The molecule has 0 spiro atoms. The molecule has 150 valence electrons. The Morgan fingerprint density at radius 3 is 2.72 bits per heavy atom. The van der Waals surface area contributed by atoms with E-state index in [0.717, 1.165) is 14.7 Å². The fraction of sp³-hybridized carbons (Fsp3) is 0.190. The first kappa shape index (κ1) is 21.3. The molecule has 0 N–H and O–H groups in total. The van der Waals surface area contributed by atoms with Gasteiger partial charge < -0.3 is 14.2 Å². The molecule has 0 unspecified atom stereocenters. The zero-order chi connectivity index (χ0) is 21.1. The van der Waals surface area contributed by atoms with E-state index in [2.05, 4.69) is 27.6 Å². The van der Waals surface area contributed by atoms with E-state index < -0.39 is 11.9 Å². The van der Waals surface area contributed by atoms with Gasteiger partial charge in [-0.15, -0.1) is 0 Å². The number of aryl methyl sites for hydroxylation is 1. The van der Waals surface area contributed by atoms with Gasteiger partial charge in [-0.3, -0.25) is 4.79 Å². The maximum Gasteiger partial charge on any atom is 0.363 e. The molecule has 8 heteroatoms. The molecule has 0 saturated heterocycles. The van der Waals surface area contributed by atoms with Crippen LogP contribution in [0.1, 0.15) is 30.0 Å². The van der Waals surface area contributed by atoms with E-state index in [1.54, 1.807) is 19.1 Å². The molecule has 0 amide bonds. The number of benzene rings is 2. The number of rotatable bonds is 5. The molecule has 0 bridgehead atoms. The fourth-order valence-corrected chi connectivity index (χ4v) is 3.17. The van der Waals surface area contributed by atoms with E-state index in [9.17, 15) is 9.59 Å². The molecule has 1 aliphatic rings. The van der Waals surface area contributed by atoms with Crippen molar-refractivity contribution in [2.24, 2.45) is 4.99 Å². The molecule has 1 aliphatic heterocycles. The van der Waals surface area contributed by atoms with Gasteiger partial charge in [0.05, 0.1) is 12.1 Å². The van der Waals surface area contributed by atoms with Crippen molar-refractivity contribution in [2.75, 3.05) is 7.11 Å². The Balaban J connectivity index is 1.95. The summed E-state index contributed by atoms with van der Waals surface area (Å²) >= 11 is 8.49. The van der Waals surface area contributed by atoms with Gasteiger partial charge in [0, 0.05) is 15.6 Å². The zero-order valence-electron chi connectivity index (χ0n) is 15.9. The minimum absolute atomic E-state index is 0.132. The standard InChI is InChI=1S/C21H17ClINO5/c1-4-18(25)28-19-14(22)8-12(10-17(19)27-3)9-16-21(26)29-20(24-16)13-5-6-15(23)11(2)7-13/h5-10H,4H2,1-3H3/b16-9-. The predicted octanol–water partition coefficient (Wildman–Crippen LogP) is 4.92. The van der Waals surface area contributed by atoms with Crippen LogP contribution in [-0.2, 0) is 14.3 Å². The lowest BCUT2D eigenvalue weighted by molar-refractivity contribution is -0.134. The van der Waals surface area contributed by atoms with E-state index >= 15 is 0 Å². The van der Waals surface area contributed by atoms with Gasteiger partial charge in [0.1, 0.15) is 0 Å². The summed E-state index contributed by atoms with van der Waals surface area (Å²) in [7, 11) is 1.44. The molecule has 3 rings (SSSR count). The number of hydrogen-bond acceptors (Lipinski definition) is 6. The minimum Gasteiger partial charge on any atom is -0.493 e. The normalized spacial score (nSPS) is 14.6. The maximum atomic E-state index is 12.3. The summed E-state index contributed by atoms with van der Waals surface area (Å²) in [4.78, 5) is 28.2. The summed E-state index contributed by atoms with van der Waals surface area (Å²) in [6, 6.07) is 8.86. The highest BCUT2D eigenvalue weighted by Gasteiger charge is 2.25. The van der Waals surface area contributed by atoms with Crippen LogP contribution in [0.3, 0.4) is 0 Å². The second-order valence-electron chi connectivity index (χ2n) is 6.16. The maximum absolute atomic E-state index is 12.3. The summed E-state index contributed by atoms with van der Waals surface area (Å²) in [5.74, 6) is -0.344. The predicted molar refractivity (Wildman–Crippen MR) is 118 cm³/mol. The first-order valence-electron chi connectivity index (χ1n) is 8.69. The van der Waals surface area contributed by atoms with Gasteiger partial charge in [-0.05, 0) is 77.0 Å². The first-order valence-corrected chi connectivity index (χ1v) is 10.1. The SMILES string of the molecule is CCC(=O)Oc1c(Cl)cc(/C=C2\N=C(c3ccc(I)c(C)c3)OC2=O)cc1OC. The Kier molecular flexibility index (Phi) is 6.59. The number of nitrogens with zero attached hydrogens (tertiary/aromatic N) is 1. The van der Waals surface area contributed by atoms with E-state index in [1.807, 2.05) is 25.1 Å². The van der Waals surface area contributed by atoms with Crippen molar-refractivity contribution >= 4 is 58.1 Å². The number of carbonyl (C=O) groups is 2. The topological polar surface area (TPSA) is 74.2 Å². The molecule has 6 nitrogen and oxygen atoms in total. The third-order valence-electron chi connectivity index (χ3n) is 4.09. The van der Waals surface area contributed by atoms with Crippen LogP contribution in [-0.4, -0.2) is 24.9 Å². The molecule has 0 saturated carbocycles. The minimum atomic E-state index is -0.562. The highest BCUT2D eigenvalue weighted by molar-refractivity contribution is 14.1. The molecule has 1 heterocycles. The number of cyclic esters (lactones) is 1. The van der Waals surface area contributed by atoms with Crippen LogP contribution < -0.4 is 9.47 Å². The summed E-state index contributed by atoms with van der Waals surface area (Å²) < 4.78 is 16.9. The lowest BCUT2D eigenvalue weighted by atomic mass is 10.1. The zero-order valence-corrected chi connectivity index (χ0v) is 18.8. The van der Waals surface area contributed by atoms with Gasteiger partial charge >= 0.3 is 11.9 Å². The second kappa shape index (κ2) is 8.96. The Hall–Kier alpha value is -2.39. The monoisotopic (exact) mass is 525 g/mol. The number of carbonyl (C=O) groups excluding carboxylic acids is 2. The Labute approximate surface area is 186 Å². The lowest BCUT2D eigenvalue weighted by Gasteiger charge is -2.11. The molecule has 0 aromatic heterocycles. The number of methoxy groups -OCH3 is 1. The molecule has 0 radical (unpaired) electrons. The van der Waals surface area contributed by atoms with Crippen LogP contribution in [0, 0.1) is 10.5 Å². The van der Waals surface area contributed by atoms with Crippen LogP contribution in [0.4, 0.5) is 0 Å². The van der Waals surface area contributed by atoms with Crippen LogP contribution >= 0.6 is 34.2 Å². The van der Waals surface area contributed by atoms with Gasteiger partial charge in [0.2, 0.25) is 5.90 Å². The third-order valence-corrected chi connectivity index (χ3v) is 5.58. The lowest BCUT2D eigenvalue weighted by Crippen LogP contribution is -2.07. The Morgan fingerprint density at radius 1 is 1.31 bits per heavy atom. The quantitative estimate of drug-likeness (QED) is 0.240. The van der Waals surface area contributed by atoms with E-state index in [1.165, 1.54) is 13.2 Å². The molecule has 2 aromatic carbocycles. The Bertz CT molecular complexity index is 1060. The summed E-state index contributed by atoms with van der Waals surface area (Å²) in [6.45, 7) is 3.65. The molecule has 0 atom stereocenters. The third kappa shape index (κ3) is 4.79. The first-order chi connectivity index (χ1) is 13.8. The number of hydrogen-bond donors (Lipinski definition) is 0. The number of esters is 2. The van der Waals surface area contributed by atoms with Crippen LogP contribution in [0.2, 0.25) is 5.02 Å². The van der Waals surface area contributed by atoms with Crippen molar-refractivity contribution in [3.63, 3.8) is 0 Å². The van der Waals surface area contributed by atoms with Crippen molar-refractivity contribution in [1.29, 1.82) is 0 Å². The fourth-order valence-electron chi connectivity index (χ4n) is 2.58. The number of aliphatic imine (C=N–C) groups is 1. The number of ether oxygens (including phenoxy) is 3. The highest BCUT2D eigenvalue weighted by atomic mass is 127. The van der Waals surface area contributed by atoms with Crippen LogP contribution in [0.25, 0.3) is 6.08 Å². The average Bonchev–Trinajstić information content (AvgIpc) is 3.05. The van der Waals surface area contributed by atoms with Gasteiger partial charge in [-0.25, -0.2) is 9.79 Å². The van der Waals surface area contributed by atoms with Crippen LogP contribution in [0.15, 0.2) is 41.0 Å². The van der Waals surface area contributed by atoms with E-state index in [-0.39, 0.29) is 34.5 Å². The molecular formula is C21H17ClINO5. The van der Waals surface area contributed by atoms with E-state index in [0.29, 0.717) is 5.56 Å². The van der Waals surface area contributed by atoms with Gasteiger partial charge in [-0.1, -0.05) is 18.5 Å².